The highest BCUT2D eigenvalue weighted by molar-refractivity contribution is 5.81. The van der Waals surface area contributed by atoms with Crippen molar-refractivity contribution in [3.05, 3.63) is 35.9 Å². The molecule has 0 saturated heterocycles. The summed E-state index contributed by atoms with van der Waals surface area (Å²) in [5.41, 5.74) is 6.65. The Morgan fingerprint density at radius 3 is 2.40 bits per heavy atom. The second kappa shape index (κ2) is 7.41. The van der Waals surface area contributed by atoms with Gasteiger partial charge in [0.1, 0.15) is 0 Å². The van der Waals surface area contributed by atoms with Crippen LogP contribution in [-0.4, -0.2) is 35.5 Å². The third-order valence-electron chi connectivity index (χ3n) is 3.07. The number of carbonyl (C=O) groups excluding carboxylic acids is 1. The van der Waals surface area contributed by atoms with Crippen LogP contribution in [0.25, 0.3) is 0 Å². The van der Waals surface area contributed by atoms with E-state index in [1.165, 1.54) is 5.56 Å². The number of amides is 1. The van der Waals surface area contributed by atoms with Crippen LogP contribution in [0.4, 0.5) is 0 Å². The Hall–Kier alpha value is -1.39. The molecule has 112 valence electrons. The molecule has 1 unspecified atom stereocenters. The summed E-state index contributed by atoms with van der Waals surface area (Å²) in [6, 6.07) is 9.95. The average Bonchev–Trinajstić information content (AvgIpc) is 2.36. The van der Waals surface area contributed by atoms with Crippen molar-refractivity contribution in [2.24, 2.45) is 5.73 Å². The van der Waals surface area contributed by atoms with Crippen LogP contribution in [0.3, 0.4) is 0 Å². The van der Waals surface area contributed by atoms with Gasteiger partial charge in [0, 0.05) is 25.2 Å². The molecule has 0 aromatic heterocycles. The highest BCUT2D eigenvalue weighted by Gasteiger charge is 2.24. The molecule has 1 atom stereocenters. The molecule has 0 fully saturated rings. The predicted molar refractivity (Wildman–Crippen MR) is 83.3 cm³/mol. The number of hydrogen-bond acceptors (Lipinski definition) is 3. The molecule has 4 heteroatoms. The van der Waals surface area contributed by atoms with Gasteiger partial charge < -0.3 is 11.1 Å². The average molecular weight is 277 g/mol. The second-order valence-corrected chi connectivity index (χ2v) is 6.16. The normalized spacial score (nSPS) is 13.3. The highest BCUT2D eigenvalue weighted by Crippen LogP contribution is 2.09. The Morgan fingerprint density at radius 1 is 1.30 bits per heavy atom. The van der Waals surface area contributed by atoms with Crippen LogP contribution < -0.4 is 11.1 Å². The Bertz CT molecular complexity index is 411. The van der Waals surface area contributed by atoms with E-state index in [4.69, 9.17) is 5.73 Å². The summed E-state index contributed by atoms with van der Waals surface area (Å²) >= 11 is 0. The van der Waals surface area contributed by atoms with E-state index >= 15 is 0 Å². The van der Waals surface area contributed by atoms with E-state index in [0.717, 1.165) is 6.54 Å². The van der Waals surface area contributed by atoms with Crippen molar-refractivity contribution >= 4 is 5.91 Å². The van der Waals surface area contributed by atoms with Gasteiger partial charge in [0.25, 0.3) is 0 Å². The number of carbonyl (C=O) groups is 1. The largest absolute Gasteiger partial charge is 0.350 e. The molecule has 1 aromatic rings. The number of benzene rings is 1. The molecule has 4 nitrogen and oxygen atoms in total. The summed E-state index contributed by atoms with van der Waals surface area (Å²) in [5, 5.41) is 3.02. The van der Waals surface area contributed by atoms with Crippen molar-refractivity contribution in [1.82, 2.24) is 10.2 Å². The maximum absolute atomic E-state index is 12.3. The first-order valence-corrected chi connectivity index (χ1v) is 7.13. The third-order valence-corrected chi connectivity index (χ3v) is 3.07. The van der Waals surface area contributed by atoms with Crippen LogP contribution in [0.5, 0.6) is 0 Å². The van der Waals surface area contributed by atoms with E-state index in [-0.39, 0.29) is 17.5 Å². The lowest BCUT2D eigenvalue weighted by Gasteiger charge is -2.31. The predicted octanol–water partition coefficient (Wildman–Crippen LogP) is 1.75. The molecule has 1 rings (SSSR count). The topological polar surface area (TPSA) is 58.4 Å². The van der Waals surface area contributed by atoms with Gasteiger partial charge in [0.15, 0.2) is 0 Å². The molecule has 1 aromatic carbocycles. The minimum atomic E-state index is -0.216. The van der Waals surface area contributed by atoms with Gasteiger partial charge in [-0.05, 0) is 33.3 Å². The van der Waals surface area contributed by atoms with Crippen LogP contribution in [0, 0.1) is 0 Å². The maximum Gasteiger partial charge on any atom is 0.237 e. The Kier molecular flexibility index (Phi) is 6.17. The maximum atomic E-state index is 12.3. The van der Waals surface area contributed by atoms with Gasteiger partial charge >= 0.3 is 0 Å². The second-order valence-electron chi connectivity index (χ2n) is 6.16. The molecule has 0 bridgehead atoms. The zero-order valence-electron chi connectivity index (χ0n) is 13.0. The lowest BCUT2D eigenvalue weighted by molar-refractivity contribution is -0.127. The fourth-order valence-electron chi connectivity index (χ4n) is 2.03. The summed E-state index contributed by atoms with van der Waals surface area (Å²) in [7, 11) is 0. The van der Waals surface area contributed by atoms with Gasteiger partial charge in [0.05, 0.1) is 6.04 Å². The first-order valence-electron chi connectivity index (χ1n) is 7.13. The molecule has 0 aliphatic heterocycles. The van der Waals surface area contributed by atoms with Crippen molar-refractivity contribution in [3.8, 4) is 0 Å². The fraction of sp³-hybridized carbons (Fsp3) is 0.562. The smallest absolute Gasteiger partial charge is 0.237 e. The van der Waals surface area contributed by atoms with Crippen LogP contribution in [0.2, 0.25) is 0 Å². The van der Waals surface area contributed by atoms with Gasteiger partial charge in [-0.15, -0.1) is 0 Å². The van der Waals surface area contributed by atoms with Crippen molar-refractivity contribution in [2.45, 2.75) is 45.8 Å². The van der Waals surface area contributed by atoms with Crippen molar-refractivity contribution in [2.75, 3.05) is 13.1 Å². The van der Waals surface area contributed by atoms with Crippen molar-refractivity contribution in [1.29, 1.82) is 0 Å². The molecule has 0 saturated carbocycles. The molecule has 0 spiro atoms. The minimum Gasteiger partial charge on any atom is -0.350 e. The number of rotatable bonds is 6. The van der Waals surface area contributed by atoms with Crippen LogP contribution in [0.15, 0.2) is 30.3 Å². The Labute approximate surface area is 122 Å². The molecule has 0 radical (unpaired) electrons. The fourth-order valence-corrected chi connectivity index (χ4v) is 2.03. The van der Waals surface area contributed by atoms with E-state index in [2.05, 4.69) is 22.3 Å². The third kappa shape index (κ3) is 5.72. The van der Waals surface area contributed by atoms with Gasteiger partial charge in [-0.25, -0.2) is 0 Å². The first-order chi connectivity index (χ1) is 9.33. The quantitative estimate of drug-likeness (QED) is 0.833. The zero-order valence-corrected chi connectivity index (χ0v) is 13.0. The monoisotopic (exact) mass is 277 g/mol. The van der Waals surface area contributed by atoms with Gasteiger partial charge in [-0.1, -0.05) is 30.3 Å². The minimum absolute atomic E-state index is 0.0434. The number of nitrogens with two attached hydrogens (primary N) is 1. The van der Waals surface area contributed by atoms with E-state index in [9.17, 15) is 4.79 Å². The number of nitrogens with zero attached hydrogens (tertiary/aromatic N) is 1. The first kappa shape index (κ1) is 16.7. The molecular weight excluding hydrogens is 250 g/mol. The van der Waals surface area contributed by atoms with Gasteiger partial charge in [-0.2, -0.15) is 0 Å². The summed E-state index contributed by atoms with van der Waals surface area (Å²) in [5.74, 6) is 0.0434. The van der Waals surface area contributed by atoms with E-state index < -0.39 is 0 Å². The molecule has 0 aliphatic carbocycles. The number of hydrogen-bond donors (Lipinski definition) is 2. The van der Waals surface area contributed by atoms with Gasteiger partial charge in [0.2, 0.25) is 5.91 Å². The van der Waals surface area contributed by atoms with Crippen LogP contribution in [-0.2, 0) is 11.3 Å². The molecule has 1 amide bonds. The van der Waals surface area contributed by atoms with E-state index in [1.807, 2.05) is 45.9 Å². The van der Waals surface area contributed by atoms with Crippen molar-refractivity contribution in [3.63, 3.8) is 0 Å². The standard InChI is InChI=1S/C16H27N3O/c1-13(15(20)18-16(2,3)4)19(11-10-17)12-14-8-6-5-7-9-14/h5-9,13H,10-12,17H2,1-4H3,(H,18,20). The molecule has 0 heterocycles. The lowest BCUT2D eigenvalue weighted by atomic mass is 10.1. The lowest BCUT2D eigenvalue weighted by Crippen LogP contribution is -2.51. The Balaban J connectivity index is 2.72. The van der Waals surface area contributed by atoms with E-state index in [1.54, 1.807) is 0 Å². The molecule has 20 heavy (non-hydrogen) atoms. The van der Waals surface area contributed by atoms with Gasteiger partial charge in [-0.3, -0.25) is 9.69 Å². The summed E-state index contributed by atoms with van der Waals surface area (Å²) in [4.78, 5) is 14.4. The van der Waals surface area contributed by atoms with Crippen LogP contribution in [0.1, 0.15) is 33.3 Å². The number of nitrogens with one attached hydrogen (secondary N) is 1. The Morgan fingerprint density at radius 2 is 1.90 bits per heavy atom. The molecule has 3 N–H and O–H groups in total. The molecular formula is C16H27N3O. The summed E-state index contributed by atoms with van der Waals surface area (Å²) < 4.78 is 0. The highest BCUT2D eigenvalue weighted by atomic mass is 16.2. The molecule has 0 aliphatic rings. The van der Waals surface area contributed by atoms with Crippen molar-refractivity contribution < 1.29 is 4.79 Å². The zero-order chi connectivity index (χ0) is 15.2. The van der Waals surface area contributed by atoms with Crippen LogP contribution >= 0.6 is 0 Å². The summed E-state index contributed by atoms with van der Waals surface area (Å²) in [6.45, 7) is 9.87. The van der Waals surface area contributed by atoms with E-state index in [0.29, 0.717) is 13.1 Å². The SMILES string of the molecule is CC(C(=O)NC(C)(C)C)N(CCN)Cc1ccccc1. The summed E-state index contributed by atoms with van der Waals surface area (Å²) in [6.07, 6.45) is 0.